The fourth-order valence-corrected chi connectivity index (χ4v) is 2.96. The maximum absolute atomic E-state index is 12.7. The van der Waals surface area contributed by atoms with E-state index in [1.54, 1.807) is 0 Å². The molecule has 0 bridgehead atoms. The molecule has 1 aromatic rings. The van der Waals surface area contributed by atoms with Crippen molar-refractivity contribution in [3.8, 4) is 0 Å². The predicted octanol–water partition coefficient (Wildman–Crippen LogP) is 3.70. The topological polar surface area (TPSA) is 41.1 Å². The maximum Gasteiger partial charge on any atom is 0.230 e. The molecule has 0 spiro atoms. The zero-order chi connectivity index (χ0) is 15.5. The molecule has 0 aromatic heterocycles. The van der Waals surface area contributed by atoms with E-state index in [2.05, 4.69) is 50.5 Å². The molecule has 1 aliphatic heterocycles. The summed E-state index contributed by atoms with van der Waals surface area (Å²) in [5, 5.41) is 6.45. The lowest BCUT2D eigenvalue weighted by atomic mass is 9.76. The highest BCUT2D eigenvalue weighted by Crippen LogP contribution is 2.34. The molecule has 3 heteroatoms. The van der Waals surface area contributed by atoms with Crippen molar-refractivity contribution in [2.24, 2.45) is 5.41 Å². The van der Waals surface area contributed by atoms with Gasteiger partial charge in [0.2, 0.25) is 5.91 Å². The highest BCUT2D eigenvalue weighted by atomic mass is 16.2. The van der Waals surface area contributed by atoms with Crippen molar-refractivity contribution in [3.63, 3.8) is 0 Å². The summed E-state index contributed by atoms with van der Waals surface area (Å²) in [5.41, 5.74) is 2.13. The molecule has 21 heavy (non-hydrogen) atoms. The van der Waals surface area contributed by atoms with Crippen LogP contribution in [0.3, 0.4) is 0 Å². The average molecular weight is 288 g/mol. The molecule has 0 atom stereocenters. The number of benzene rings is 1. The Hall–Kier alpha value is -1.35. The van der Waals surface area contributed by atoms with Gasteiger partial charge in [-0.25, -0.2) is 0 Å². The van der Waals surface area contributed by atoms with Crippen LogP contribution in [0, 0.1) is 5.41 Å². The van der Waals surface area contributed by atoms with Gasteiger partial charge in [0.05, 0.1) is 5.41 Å². The maximum atomic E-state index is 12.7. The zero-order valence-electron chi connectivity index (χ0n) is 13.8. The van der Waals surface area contributed by atoms with Crippen LogP contribution in [0.25, 0.3) is 0 Å². The van der Waals surface area contributed by atoms with Gasteiger partial charge in [-0.3, -0.25) is 4.79 Å². The highest BCUT2D eigenvalue weighted by Gasteiger charge is 2.37. The fraction of sp³-hybridized carbons (Fsp3) is 0.611. The van der Waals surface area contributed by atoms with Gasteiger partial charge in [0.25, 0.3) is 0 Å². The summed E-state index contributed by atoms with van der Waals surface area (Å²) in [6, 6.07) is 8.25. The van der Waals surface area contributed by atoms with Crippen molar-refractivity contribution in [3.05, 3.63) is 29.8 Å². The molecule has 1 aliphatic rings. The molecule has 1 aromatic carbocycles. The van der Waals surface area contributed by atoms with Crippen molar-refractivity contribution >= 4 is 11.6 Å². The number of nitrogens with one attached hydrogen (secondary N) is 2. The lowest BCUT2D eigenvalue weighted by Gasteiger charge is -2.35. The van der Waals surface area contributed by atoms with Crippen LogP contribution in [-0.2, 0) is 10.2 Å². The molecular weight excluding hydrogens is 260 g/mol. The van der Waals surface area contributed by atoms with E-state index in [1.165, 1.54) is 5.56 Å². The number of hydrogen-bond acceptors (Lipinski definition) is 2. The summed E-state index contributed by atoms with van der Waals surface area (Å²) in [6.45, 7) is 10.6. The van der Waals surface area contributed by atoms with Gasteiger partial charge >= 0.3 is 0 Å². The molecule has 1 saturated heterocycles. The van der Waals surface area contributed by atoms with E-state index in [-0.39, 0.29) is 16.7 Å². The Morgan fingerprint density at radius 2 is 1.76 bits per heavy atom. The summed E-state index contributed by atoms with van der Waals surface area (Å²) >= 11 is 0. The summed E-state index contributed by atoms with van der Waals surface area (Å²) in [6.07, 6.45) is 2.76. The first-order chi connectivity index (χ1) is 9.87. The normalized spacial score (nSPS) is 18.3. The molecule has 2 N–H and O–H groups in total. The molecule has 2 rings (SSSR count). The van der Waals surface area contributed by atoms with Gasteiger partial charge in [0.1, 0.15) is 0 Å². The quantitative estimate of drug-likeness (QED) is 0.890. The largest absolute Gasteiger partial charge is 0.326 e. The second-order valence-corrected chi connectivity index (χ2v) is 7.17. The zero-order valence-corrected chi connectivity index (χ0v) is 13.8. The Labute approximate surface area is 128 Å². The van der Waals surface area contributed by atoms with Gasteiger partial charge in [-0.2, -0.15) is 0 Å². The van der Waals surface area contributed by atoms with E-state index in [0.717, 1.165) is 38.0 Å². The monoisotopic (exact) mass is 288 g/mol. The Morgan fingerprint density at radius 3 is 2.24 bits per heavy atom. The van der Waals surface area contributed by atoms with Crippen LogP contribution in [-0.4, -0.2) is 19.0 Å². The Balaban J connectivity index is 2.08. The number of rotatable bonds is 3. The van der Waals surface area contributed by atoms with Gasteiger partial charge in [0.15, 0.2) is 0 Å². The second-order valence-electron chi connectivity index (χ2n) is 7.17. The van der Waals surface area contributed by atoms with E-state index in [0.29, 0.717) is 0 Å². The summed E-state index contributed by atoms with van der Waals surface area (Å²) in [4.78, 5) is 12.7. The number of carbonyl (C=O) groups is 1. The molecular formula is C18H28N2O. The summed E-state index contributed by atoms with van der Waals surface area (Å²) in [7, 11) is 0. The number of carbonyl (C=O) groups excluding carboxylic acids is 1. The highest BCUT2D eigenvalue weighted by molar-refractivity contribution is 5.95. The van der Waals surface area contributed by atoms with Gasteiger partial charge in [-0.15, -0.1) is 0 Å². The first kappa shape index (κ1) is 16.0. The molecule has 1 fully saturated rings. The Bertz CT molecular complexity index is 479. The average Bonchev–Trinajstić information content (AvgIpc) is 2.47. The van der Waals surface area contributed by atoms with Crippen molar-refractivity contribution < 1.29 is 4.79 Å². The van der Waals surface area contributed by atoms with Crippen LogP contribution in [0.4, 0.5) is 5.69 Å². The van der Waals surface area contributed by atoms with Gasteiger partial charge in [-0.1, -0.05) is 39.8 Å². The summed E-state index contributed by atoms with van der Waals surface area (Å²) < 4.78 is 0. The second kappa shape index (κ2) is 6.18. The molecule has 3 nitrogen and oxygen atoms in total. The van der Waals surface area contributed by atoms with E-state index in [9.17, 15) is 4.79 Å². The lowest BCUT2D eigenvalue weighted by Crippen LogP contribution is -2.44. The summed E-state index contributed by atoms with van der Waals surface area (Å²) in [5.74, 6) is 0.176. The van der Waals surface area contributed by atoms with Crippen LogP contribution < -0.4 is 10.6 Å². The molecule has 1 heterocycles. The Kier molecular flexibility index (Phi) is 4.72. The number of piperidine rings is 1. The predicted molar refractivity (Wildman–Crippen MR) is 88.6 cm³/mol. The molecule has 0 saturated carbocycles. The third-order valence-corrected chi connectivity index (χ3v) is 4.73. The first-order valence-electron chi connectivity index (χ1n) is 8.00. The lowest BCUT2D eigenvalue weighted by molar-refractivity contribution is -0.127. The van der Waals surface area contributed by atoms with Gasteiger partial charge < -0.3 is 10.6 Å². The Morgan fingerprint density at radius 1 is 1.19 bits per heavy atom. The van der Waals surface area contributed by atoms with Crippen molar-refractivity contribution in [1.82, 2.24) is 5.32 Å². The molecule has 0 unspecified atom stereocenters. The van der Waals surface area contributed by atoms with Crippen molar-refractivity contribution in [1.29, 1.82) is 0 Å². The molecule has 1 amide bonds. The molecule has 0 aliphatic carbocycles. The van der Waals surface area contributed by atoms with Crippen molar-refractivity contribution in [2.45, 2.75) is 52.4 Å². The SMILES string of the molecule is CCC1(C(=O)Nc2ccc(C(C)(C)C)cc2)CCNCC1. The number of anilines is 1. The van der Waals surface area contributed by atoms with E-state index < -0.39 is 0 Å². The van der Waals surface area contributed by atoms with Crippen LogP contribution in [0.1, 0.15) is 52.5 Å². The minimum absolute atomic E-state index is 0.141. The van der Waals surface area contributed by atoms with Gasteiger partial charge in [0, 0.05) is 5.69 Å². The fourth-order valence-electron chi connectivity index (χ4n) is 2.96. The minimum atomic E-state index is -0.200. The van der Waals surface area contributed by atoms with Gasteiger partial charge in [-0.05, 0) is 55.5 Å². The number of hydrogen-bond donors (Lipinski definition) is 2. The van der Waals surface area contributed by atoms with Crippen LogP contribution in [0.15, 0.2) is 24.3 Å². The van der Waals surface area contributed by atoms with E-state index in [1.807, 2.05) is 12.1 Å². The smallest absolute Gasteiger partial charge is 0.230 e. The standard InChI is InChI=1S/C18H28N2O/c1-5-18(10-12-19-13-11-18)16(21)20-15-8-6-14(7-9-15)17(2,3)4/h6-9,19H,5,10-13H2,1-4H3,(H,20,21). The third-order valence-electron chi connectivity index (χ3n) is 4.73. The van der Waals surface area contributed by atoms with Crippen LogP contribution >= 0.6 is 0 Å². The number of amides is 1. The van der Waals surface area contributed by atoms with Crippen LogP contribution in [0.5, 0.6) is 0 Å². The third kappa shape index (κ3) is 3.65. The molecule has 0 radical (unpaired) electrons. The van der Waals surface area contributed by atoms with Crippen molar-refractivity contribution in [2.75, 3.05) is 18.4 Å². The first-order valence-corrected chi connectivity index (χ1v) is 8.00. The minimum Gasteiger partial charge on any atom is -0.326 e. The van der Waals surface area contributed by atoms with E-state index in [4.69, 9.17) is 0 Å². The van der Waals surface area contributed by atoms with E-state index >= 15 is 0 Å². The molecule has 116 valence electrons. The van der Waals surface area contributed by atoms with Crippen LogP contribution in [0.2, 0.25) is 0 Å².